The SMILES string of the molecule is C/C(=C\C=C(\F)CF)C(C)NC(=O)c1nc(C#N)cnc1NCc1ccc(-c2cnc(N)c(C=N)c2)cc1. The molecule has 194 valence electrons. The van der Waals surface area contributed by atoms with Crippen LogP contribution in [0.4, 0.5) is 20.4 Å². The molecule has 0 saturated carbocycles. The van der Waals surface area contributed by atoms with Crippen molar-refractivity contribution in [2.24, 2.45) is 0 Å². The lowest BCUT2D eigenvalue weighted by Gasteiger charge is -2.16. The van der Waals surface area contributed by atoms with Gasteiger partial charge in [-0.15, -0.1) is 0 Å². The molecule has 2 heterocycles. The number of carbonyl (C=O) groups excluding carboxylic acids is 1. The summed E-state index contributed by atoms with van der Waals surface area (Å²) in [5.74, 6) is -1.03. The van der Waals surface area contributed by atoms with Gasteiger partial charge < -0.3 is 21.8 Å². The summed E-state index contributed by atoms with van der Waals surface area (Å²) < 4.78 is 25.4. The topological polar surface area (TPSA) is 153 Å². The fourth-order valence-corrected chi connectivity index (χ4v) is 3.29. The molecule has 5 N–H and O–H groups in total. The first-order valence-corrected chi connectivity index (χ1v) is 11.5. The number of halogens is 2. The minimum absolute atomic E-state index is 0.0284. The predicted molar refractivity (Wildman–Crippen MR) is 142 cm³/mol. The molecule has 3 rings (SSSR count). The van der Waals surface area contributed by atoms with Gasteiger partial charge in [-0.2, -0.15) is 5.26 Å². The van der Waals surface area contributed by atoms with E-state index in [0.717, 1.165) is 29.0 Å². The van der Waals surface area contributed by atoms with E-state index < -0.39 is 24.5 Å². The largest absolute Gasteiger partial charge is 0.383 e. The molecule has 1 unspecified atom stereocenters. The van der Waals surface area contributed by atoms with Crippen molar-refractivity contribution in [1.29, 1.82) is 10.7 Å². The van der Waals surface area contributed by atoms with Crippen LogP contribution in [-0.4, -0.2) is 39.8 Å². The molecule has 0 aliphatic rings. The van der Waals surface area contributed by atoms with Crippen molar-refractivity contribution in [2.75, 3.05) is 17.7 Å². The number of alkyl halides is 1. The monoisotopic (exact) mass is 516 g/mol. The molecule has 1 aromatic carbocycles. The number of pyridine rings is 1. The van der Waals surface area contributed by atoms with Gasteiger partial charge >= 0.3 is 0 Å². The van der Waals surface area contributed by atoms with E-state index in [-0.39, 0.29) is 23.0 Å². The van der Waals surface area contributed by atoms with Gasteiger partial charge in [0, 0.05) is 36.1 Å². The van der Waals surface area contributed by atoms with E-state index >= 15 is 0 Å². The molecule has 0 aliphatic carbocycles. The Bertz CT molecular complexity index is 1430. The van der Waals surface area contributed by atoms with E-state index in [1.807, 2.05) is 30.3 Å². The highest BCUT2D eigenvalue weighted by Gasteiger charge is 2.18. The molecule has 38 heavy (non-hydrogen) atoms. The zero-order valence-electron chi connectivity index (χ0n) is 20.8. The first kappa shape index (κ1) is 27.6. The number of hydrogen-bond donors (Lipinski definition) is 4. The first-order chi connectivity index (χ1) is 18.2. The first-order valence-electron chi connectivity index (χ1n) is 11.5. The number of aromatic nitrogens is 3. The van der Waals surface area contributed by atoms with Crippen LogP contribution in [-0.2, 0) is 6.54 Å². The van der Waals surface area contributed by atoms with E-state index in [4.69, 9.17) is 11.1 Å². The molecule has 1 atom stereocenters. The Hall–Kier alpha value is -4.98. The fourth-order valence-electron chi connectivity index (χ4n) is 3.29. The number of carbonyl (C=O) groups is 1. The fraction of sp³-hybridized carbons (Fsp3) is 0.185. The zero-order chi connectivity index (χ0) is 27.7. The second kappa shape index (κ2) is 12.8. The molecule has 9 nitrogen and oxygen atoms in total. The van der Waals surface area contributed by atoms with E-state index in [9.17, 15) is 18.8 Å². The lowest BCUT2D eigenvalue weighted by molar-refractivity contribution is 0.0940. The average Bonchev–Trinajstić information content (AvgIpc) is 2.94. The summed E-state index contributed by atoms with van der Waals surface area (Å²) >= 11 is 0. The average molecular weight is 517 g/mol. The number of nitrogens with one attached hydrogen (secondary N) is 3. The Morgan fingerprint density at radius 1 is 1.21 bits per heavy atom. The van der Waals surface area contributed by atoms with Crippen molar-refractivity contribution in [2.45, 2.75) is 26.4 Å². The summed E-state index contributed by atoms with van der Waals surface area (Å²) in [6.07, 6.45) is 6.43. The van der Waals surface area contributed by atoms with Gasteiger partial charge in [0.15, 0.2) is 17.2 Å². The highest BCUT2D eigenvalue weighted by atomic mass is 19.2. The number of anilines is 2. The van der Waals surface area contributed by atoms with Crippen molar-refractivity contribution in [3.8, 4) is 17.2 Å². The number of benzene rings is 1. The van der Waals surface area contributed by atoms with E-state index in [0.29, 0.717) is 17.7 Å². The van der Waals surface area contributed by atoms with Crippen LogP contribution < -0.4 is 16.4 Å². The lowest BCUT2D eigenvalue weighted by Crippen LogP contribution is -2.34. The van der Waals surface area contributed by atoms with Crippen molar-refractivity contribution in [3.63, 3.8) is 0 Å². The zero-order valence-corrected chi connectivity index (χ0v) is 20.8. The van der Waals surface area contributed by atoms with E-state index in [1.54, 1.807) is 26.1 Å². The smallest absolute Gasteiger partial charge is 0.274 e. The maximum atomic E-state index is 13.1. The van der Waals surface area contributed by atoms with Crippen LogP contribution in [0.1, 0.15) is 41.2 Å². The molecular weight excluding hydrogens is 490 g/mol. The normalized spacial score (nSPS) is 12.4. The van der Waals surface area contributed by atoms with E-state index in [2.05, 4.69) is 25.6 Å². The third kappa shape index (κ3) is 7.04. The standard InChI is InChI=1S/C27H26F2N8O/c1-16(3-8-22(29)10-28)17(2)36-27(38)24-26(35-15-23(12-31)37-24)34-13-18-4-6-19(7-5-18)21-9-20(11-30)25(32)33-14-21/h3-9,11,14-15,17,30H,10,13H2,1-2H3,(H2,32,33)(H,34,35)(H,36,38)/b16-3+,22-8+,30-11?. The summed E-state index contributed by atoms with van der Waals surface area (Å²) in [7, 11) is 0. The van der Waals surface area contributed by atoms with Gasteiger partial charge in [-0.05, 0) is 37.1 Å². The number of amides is 1. The highest BCUT2D eigenvalue weighted by Crippen LogP contribution is 2.22. The summed E-state index contributed by atoms with van der Waals surface area (Å²) in [5, 5.41) is 22.5. The van der Waals surface area contributed by atoms with Crippen molar-refractivity contribution >= 4 is 23.8 Å². The van der Waals surface area contributed by atoms with Crippen molar-refractivity contribution in [1.82, 2.24) is 20.3 Å². The van der Waals surface area contributed by atoms with Crippen LogP contribution in [0.2, 0.25) is 0 Å². The van der Waals surface area contributed by atoms with Crippen LogP contribution in [0.3, 0.4) is 0 Å². The Morgan fingerprint density at radius 3 is 2.61 bits per heavy atom. The van der Waals surface area contributed by atoms with Gasteiger partial charge in [0.1, 0.15) is 24.4 Å². The third-order valence-electron chi connectivity index (χ3n) is 5.64. The molecule has 0 saturated heterocycles. The number of hydrogen-bond acceptors (Lipinski definition) is 8. The van der Waals surface area contributed by atoms with E-state index in [1.165, 1.54) is 12.3 Å². The van der Waals surface area contributed by atoms with Crippen LogP contribution in [0.5, 0.6) is 0 Å². The molecular formula is C27H26F2N8O. The summed E-state index contributed by atoms with van der Waals surface area (Å²) in [5.41, 5.74) is 9.37. The van der Waals surface area contributed by atoms with Gasteiger partial charge in [0.2, 0.25) is 0 Å². The van der Waals surface area contributed by atoms with Crippen molar-refractivity contribution < 1.29 is 13.6 Å². The number of nitrogen functional groups attached to an aromatic ring is 1. The molecule has 2 aromatic heterocycles. The van der Waals surface area contributed by atoms with Gasteiger partial charge in [-0.3, -0.25) is 4.79 Å². The maximum Gasteiger partial charge on any atom is 0.274 e. The van der Waals surface area contributed by atoms with Crippen molar-refractivity contribution in [3.05, 3.63) is 88.8 Å². The Labute approximate surface area is 218 Å². The number of nitrogens with zero attached hydrogens (tertiary/aromatic N) is 4. The van der Waals surface area contributed by atoms with Gasteiger partial charge in [0.05, 0.1) is 6.20 Å². The molecule has 1 amide bonds. The van der Waals surface area contributed by atoms with Crippen LogP contribution in [0.25, 0.3) is 11.1 Å². The molecule has 11 heteroatoms. The summed E-state index contributed by atoms with van der Waals surface area (Å²) in [6, 6.07) is 10.7. The summed E-state index contributed by atoms with van der Waals surface area (Å²) in [4.78, 5) is 25.4. The Morgan fingerprint density at radius 2 is 1.95 bits per heavy atom. The lowest BCUT2D eigenvalue weighted by atomic mass is 10.0. The van der Waals surface area contributed by atoms with Gasteiger partial charge in [-0.1, -0.05) is 35.9 Å². The van der Waals surface area contributed by atoms with Crippen LogP contribution >= 0.6 is 0 Å². The highest BCUT2D eigenvalue weighted by molar-refractivity contribution is 5.97. The summed E-state index contributed by atoms with van der Waals surface area (Å²) in [6.45, 7) is 2.46. The molecule has 0 fully saturated rings. The van der Waals surface area contributed by atoms with Gasteiger partial charge in [0.25, 0.3) is 5.91 Å². The minimum Gasteiger partial charge on any atom is -0.383 e. The number of nitriles is 1. The number of nitrogens with two attached hydrogens (primary N) is 1. The van der Waals surface area contributed by atoms with Gasteiger partial charge in [-0.25, -0.2) is 23.7 Å². The Balaban J connectivity index is 1.74. The van der Waals surface area contributed by atoms with Crippen LogP contribution in [0, 0.1) is 16.7 Å². The second-order valence-electron chi connectivity index (χ2n) is 8.31. The molecule has 0 bridgehead atoms. The maximum absolute atomic E-state index is 13.1. The predicted octanol–water partition coefficient (Wildman–Crippen LogP) is 4.49. The quantitative estimate of drug-likeness (QED) is 0.229. The Kier molecular flexibility index (Phi) is 9.31. The minimum atomic E-state index is -1.21. The number of rotatable bonds is 10. The molecule has 3 aromatic rings. The molecule has 0 spiro atoms. The third-order valence-corrected chi connectivity index (χ3v) is 5.64. The number of allylic oxidation sites excluding steroid dienone is 3. The second-order valence-corrected chi connectivity index (χ2v) is 8.31. The van der Waals surface area contributed by atoms with Crippen LogP contribution in [0.15, 0.2) is 66.3 Å². The molecule has 0 radical (unpaired) electrons. The molecule has 0 aliphatic heterocycles.